The van der Waals surface area contributed by atoms with Crippen molar-refractivity contribution >= 4 is 54.5 Å². The monoisotopic (exact) mass is 463 g/mol. The van der Waals surface area contributed by atoms with Gasteiger partial charge in [-0.1, -0.05) is 24.3 Å². The second-order valence-corrected chi connectivity index (χ2v) is 9.87. The van der Waals surface area contributed by atoms with E-state index >= 15 is 0 Å². The third-order valence-corrected chi connectivity index (χ3v) is 7.77. The minimum Gasteiger partial charge on any atom is -0.453 e. The molecule has 0 radical (unpaired) electrons. The minimum atomic E-state index is 0.863. The zero-order valence-electron chi connectivity index (χ0n) is 17.6. The van der Waals surface area contributed by atoms with E-state index in [1.807, 2.05) is 11.0 Å². The van der Waals surface area contributed by atoms with Crippen molar-refractivity contribution in [1.29, 1.82) is 0 Å². The maximum absolute atomic E-state index is 6.46. The van der Waals surface area contributed by atoms with E-state index in [0.29, 0.717) is 0 Å². The average molecular weight is 464 g/mol. The molecular formula is C27H17N3OS2. The summed E-state index contributed by atoms with van der Waals surface area (Å²) in [5.74, 6) is 1.73. The summed E-state index contributed by atoms with van der Waals surface area (Å²) >= 11 is 3.33. The maximum Gasteiger partial charge on any atom is 0.151 e. The number of anilines is 2. The Kier molecular flexibility index (Phi) is 4.06. The summed E-state index contributed by atoms with van der Waals surface area (Å²) in [4.78, 5) is 11.0. The van der Waals surface area contributed by atoms with Crippen molar-refractivity contribution in [2.75, 3.05) is 11.9 Å². The molecule has 0 atom stereocenters. The van der Waals surface area contributed by atoms with Gasteiger partial charge in [-0.25, -0.2) is 9.97 Å². The highest BCUT2D eigenvalue weighted by molar-refractivity contribution is 7.17. The Balaban J connectivity index is 1.28. The molecule has 0 amide bonds. The molecule has 7 rings (SSSR count). The average Bonchev–Trinajstić information content (AvgIpc) is 3.52. The lowest BCUT2D eigenvalue weighted by Gasteiger charge is -2.30. The molecule has 0 bridgehead atoms. The summed E-state index contributed by atoms with van der Waals surface area (Å²) < 4.78 is 8.84. The molecular weight excluding hydrogens is 446 g/mol. The van der Waals surface area contributed by atoms with Gasteiger partial charge in [0.25, 0.3) is 0 Å². The van der Waals surface area contributed by atoms with Crippen LogP contribution in [0.1, 0.15) is 0 Å². The van der Waals surface area contributed by atoms with Gasteiger partial charge in [0.2, 0.25) is 0 Å². The van der Waals surface area contributed by atoms with Crippen LogP contribution in [0.15, 0.2) is 83.8 Å². The quantitative estimate of drug-likeness (QED) is 0.260. The van der Waals surface area contributed by atoms with Crippen molar-refractivity contribution in [3.05, 3.63) is 83.8 Å². The molecule has 4 nitrogen and oxygen atoms in total. The Morgan fingerprint density at radius 1 is 0.606 bits per heavy atom. The predicted octanol–water partition coefficient (Wildman–Crippen LogP) is 8.11. The lowest BCUT2D eigenvalue weighted by Crippen LogP contribution is -2.15. The Hall–Kier alpha value is -3.74. The van der Waals surface area contributed by atoms with Gasteiger partial charge in [-0.3, -0.25) is 0 Å². The molecule has 6 heteroatoms. The molecule has 158 valence electrons. The highest BCUT2D eigenvalue weighted by atomic mass is 32.1. The highest BCUT2D eigenvalue weighted by Gasteiger charge is 2.23. The number of hydrogen-bond donors (Lipinski definition) is 0. The van der Waals surface area contributed by atoms with Gasteiger partial charge >= 0.3 is 0 Å². The van der Waals surface area contributed by atoms with E-state index in [2.05, 4.69) is 94.7 Å². The highest BCUT2D eigenvalue weighted by Crippen LogP contribution is 2.48. The normalized spacial score (nSPS) is 12.6. The van der Waals surface area contributed by atoms with Gasteiger partial charge in [0, 0.05) is 7.05 Å². The Bertz CT molecular complexity index is 1560. The SMILES string of the molecule is CN1c2ccc(-c3ccc4ncsc4c3)cc2Oc2cc(-c3ccc4ncsc4c3)ccc21. The zero-order valence-corrected chi connectivity index (χ0v) is 19.3. The molecule has 0 aliphatic carbocycles. The second-order valence-electron chi connectivity index (χ2n) is 8.10. The van der Waals surface area contributed by atoms with Crippen LogP contribution in [-0.2, 0) is 0 Å². The fraction of sp³-hybridized carbons (Fsp3) is 0.0370. The number of thiazole rings is 2. The first-order valence-corrected chi connectivity index (χ1v) is 12.4. The van der Waals surface area contributed by atoms with E-state index < -0.39 is 0 Å². The maximum atomic E-state index is 6.46. The van der Waals surface area contributed by atoms with Crippen LogP contribution in [0.4, 0.5) is 11.4 Å². The van der Waals surface area contributed by atoms with Gasteiger partial charge in [0.05, 0.1) is 42.8 Å². The summed E-state index contributed by atoms with van der Waals surface area (Å²) in [6.07, 6.45) is 0. The molecule has 0 saturated heterocycles. The smallest absolute Gasteiger partial charge is 0.151 e. The molecule has 0 fully saturated rings. The fourth-order valence-corrected chi connectivity index (χ4v) is 5.86. The minimum absolute atomic E-state index is 0.863. The van der Waals surface area contributed by atoms with E-state index in [1.54, 1.807) is 22.7 Å². The third-order valence-electron chi connectivity index (χ3n) is 6.19. The Morgan fingerprint density at radius 3 is 1.58 bits per heavy atom. The van der Waals surface area contributed by atoms with Gasteiger partial charge in [0.1, 0.15) is 0 Å². The standard InChI is InChI=1S/C27H17N3OS2/c1-30-22-8-4-16(18-2-6-20-26(12-18)32-14-28-20)10-24(22)31-25-11-17(5-9-23(25)30)19-3-7-21-27(13-19)33-15-29-21/h2-15H,1H3. The van der Waals surface area contributed by atoms with Gasteiger partial charge < -0.3 is 9.64 Å². The molecule has 1 aliphatic heterocycles. The largest absolute Gasteiger partial charge is 0.453 e. The van der Waals surface area contributed by atoms with E-state index in [-0.39, 0.29) is 0 Å². The van der Waals surface area contributed by atoms with E-state index in [9.17, 15) is 0 Å². The second kappa shape index (κ2) is 7.13. The van der Waals surface area contributed by atoms with Crippen LogP contribution in [0.5, 0.6) is 11.5 Å². The Morgan fingerprint density at radius 2 is 1.06 bits per heavy atom. The number of rotatable bonds is 2. The van der Waals surface area contributed by atoms with Gasteiger partial charge in [-0.15, -0.1) is 22.7 Å². The molecule has 3 heterocycles. The summed E-state index contributed by atoms with van der Waals surface area (Å²) in [7, 11) is 2.09. The molecule has 0 saturated carbocycles. The van der Waals surface area contributed by atoms with Crippen molar-refractivity contribution in [3.8, 4) is 33.8 Å². The van der Waals surface area contributed by atoms with E-state index in [4.69, 9.17) is 4.74 Å². The van der Waals surface area contributed by atoms with Crippen LogP contribution >= 0.6 is 22.7 Å². The zero-order chi connectivity index (χ0) is 21.9. The van der Waals surface area contributed by atoms with E-state index in [1.165, 1.54) is 20.5 Å². The topological polar surface area (TPSA) is 38.2 Å². The molecule has 4 aromatic carbocycles. The number of benzene rings is 4. The van der Waals surface area contributed by atoms with Crippen molar-refractivity contribution in [2.24, 2.45) is 0 Å². The molecule has 6 aromatic rings. The lowest BCUT2D eigenvalue weighted by molar-refractivity contribution is 0.476. The van der Waals surface area contributed by atoms with Gasteiger partial charge in [0.15, 0.2) is 11.5 Å². The molecule has 1 aliphatic rings. The predicted molar refractivity (Wildman–Crippen MR) is 138 cm³/mol. The molecule has 33 heavy (non-hydrogen) atoms. The first-order chi connectivity index (χ1) is 16.2. The number of fused-ring (bicyclic) bond motifs is 4. The van der Waals surface area contributed by atoms with E-state index in [0.717, 1.165) is 45.0 Å². The summed E-state index contributed by atoms with van der Waals surface area (Å²) in [6, 6.07) is 25.6. The number of hydrogen-bond acceptors (Lipinski definition) is 6. The van der Waals surface area contributed by atoms with Crippen molar-refractivity contribution in [2.45, 2.75) is 0 Å². The van der Waals surface area contributed by atoms with Crippen LogP contribution in [0.3, 0.4) is 0 Å². The van der Waals surface area contributed by atoms with Crippen LogP contribution in [0, 0.1) is 0 Å². The summed E-state index contributed by atoms with van der Waals surface area (Å²) in [5, 5.41) is 0. The summed E-state index contributed by atoms with van der Waals surface area (Å²) in [5.41, 5.74) is 12.6. The van der Waals surface area contributed by atoms with Crippen LogP contribution < -0.4 is 9.64 Å². The molecule has 2 aromatic heterocycles. The first kappa shape index (κ1) is 18.8. The lowest BCUT2D eigenvalue weighted by atomic mass is 10.0. The summed E-state index contributed by atoms with van der Waals surface area (Å²) in [6.45, 7) is 0. The molecule has 0 unspecified atom stereocenters. The third kappa shape index (κ3) is 3.03. The molecule has 0 spiro atoms. The van der Waals surface area contributed by atoms with Crippen LogP contribution in [0.2, 0.25) is 0 Å². The number of ether oxygens (including phenoxy) is 1. The van der Waals surface area contributed by atoms with Crippen molar-refractivity contribution in [1.82, 2.24) is 9.97 Å². The van der Waals surface area contributed by atoms with Gasteiger partial charge in [-0.05, 0) is 70.8 Å². The molecule has 0 N–H and O–H groups in total. The fourth-order valence-electron chi connectivity index (χ4n) is 4.42. The van der Waals surface area contributed by atoms with Crippen molar-refractivity contribution in [3.63, 3.8) is 0 Å². The van der Waals surface area contributed by atoms with Crippen molar-refractivity contribution < 1.29 is 4.74 Å². The van der Waals surface area contributed by atoms with Crippen LogP contribution in [0.25, 0.3) is 42.7 Å². The van der Waals surface area contributed by atoms with Gasteiger partial charge in [-0.2, -0.15) is 0 Å². The first-order valence-electron chi connectivity index (χ1n) is 10.6. The number of aromatic nitrogens is 2. The van der Waals surface area contributed by atoms with Crippen LogP contribution in [-0.4, -0.2) is 17.0 Å². The Labute approximate surface area is 198 Å². The number of nitrogens with zero attached hydrogens (tertiary/aromatic N) is 3.